The molecule has 0 aliphatic heterocycles. The van der Waals surface area contributed by atoms with Crippen molar-refractivity contribution in [2.45, 2.75) is 77.0 Å². The summed E-state index contributed by atoms with van der Waals surface area (Å²) in [5, 5.41) is 0. The zero-order chi connectivity index (χ0) is 24.9. The van der Waals surface area contributed by atoms with Gasteiger partial charge in [-0.05, 0) is 37.0 Å². The first-order valence-electron chi connectivity index (χ1n) is 12.7. The number of rotatable bonds is 2. The van der Waals surface area contributed by atoms with Crippen molar-refractivity contribution in [1.29, 1.82) is 0 Å². The van der Waals surface area contributed by atoms with Crippen LogP contribution in [-0.2, 0) is 12.8 Å². The second-order valence-corrected chi connectivity index (χ2v) is 10.00. The summed E-state index contributed by atoms with van der Waals surface area (Å²) in [5.74, 6) is 2.21. The van der Waals surface area contributed by atoms with E-state index in [-0.39, 0.29) is 0 Å². The molecule has 0 saturated carbocycles. The van der Waals surface area contributed by atoms with Crippen molar-refractivity contribution in [3.63, 3.8) is 0 Å². The van der Waals surface area contributed by atoms with Gasteiger partial charge >= 0.3 is 40.4 Å². The standard InChI is InChI=1S/C29H35O.ClH3O4/c1-2-4-6-8-16-22-28-26(21-15-7-5-3-1)27(24-17-11-9-12-18-24)23-29(30-28)25-19-13-10-14-20-25;2-1(3,4)5/h9-14,17-20,23H,1-8,15-16,21-22H2;2-4H/q+1;. The molecule has 0 unspecified atom stereocenters. The molecule has 0 radical (unpaired) electrons. The maximum atomic E-state index is 8.83. The van der Waals surface area contributed by atoms with Gasteiger partial charge in [-0.1, -0.05) is 99.9 Å². The summed E-state index contributed by atoms with van der Waals surface area (Å²) in [7, 11) is -4.19. The van der Waals surface area contributed by atoms with Crippen LogP contribution in [0, 0.1) is 10.2 Å². The Bertz CT molecular complexity index is 997. The van der Waals surface area contributed by atoms with Crippen molar-refractivity contribution < 1.29 is 33.3 Å². The van der Waals surface area contributed by atoms with Crippen LogP contribution in [0.25, 0.3) is 22.5 Å². The Morgan fingerprint density at radius 2 is 1.03 bits per heavy atom. The summed E-state index contributed by atoms with van der Waals surface area (Å²) >= 11 is 0. The van der Waals surface area contributed by atoms with E-state index in [0.717, 1.165) is 24.2 Å². The van der Waals surface area contributed by atoms with Crippen LogP contribution in [-0.4, -0.2) is 14.0 Å². The van der Waals surface area contributed by atoms with Crippen molar-refractivity contribution in [2.75, 3.05) is 0 Å². The fourth-order valence-electron chi connectivity index (χ4n) is 4.69. The molecule has 0 spiro atoms. The van der Waals surface area contributed by atoms with Crippen molar-refractivity contribution in [3.05, 3.63) is 78.1 Å². The minimum absolute atomic E-state index is 0.995. The molecule has 0 bridgehead atoms. The van der Waals surface area contributed by atoms with E-state index in [1.54, 1.807) is 0 Å². The first kappa shape index (κ1) is 27.3. The molecule has 0 saturated heterocycles. The topological polar surface area (TPSA) is 95.0 Å². The molecule has 0 fully saturated rings. The first-order valence-corrected chi connectivity index (χ1v) is 14.0. The van der Waals surface area contributed by atoms with Crippen LogP contribution < -0.4 is 4.66 Å². The molecule has 1 aromatic heterocycles. The van der Waals surface area contributed by atoms with Crippen LogP contribution in [0.15, 0.2) is 71.1 Å². The van der Waals surface area contributed by atoms with E-state index in [2.05, 4.69) is 66.7 Å². The Morgan fingerprint density at radius 3 is 1.54 bits per heavy atom. The van der Waals surface area contributed by atoms with Gasteiger partial charge in [0.15, 0.2) is 0 Å². The molecule has 190 valence electrons. The number of hydrogen-bond acceptors (Lipinski definition) is 4. The quantitative estimate of drug-likeness (QED) is 0.372. The molecule has 5 nitrogen and oxygen atoms in total. The Morgan fingerprint density at radius 1 is 0.600 bits per heavy atom. The number of aryl methyl sites for hydroxylation is 1. The maximum absolute atomic E-state index is 8.83. The molecule has 1 aliphatic rings. The van der Waals surface area contributed by atoms with Crippen LogP contribution in [0.5, 0.6) is 0 Å². The monoisotopic (exact) mass is 501 g/mol. The van der Waals surface area contributed by atoms with E-state index >= 15 is 0 Å². The summed E-state index contributed by atoms with van der Waals surface area (Å²) in [6.07, 6.45) is 15.6. The molecule has 3 aromatic rings. The molecule has 4 rings (SSSR count). The minimum atomic E-state index is -4.19. The van der Waals surface area contributed by atoms with Crippen LogP contribution >= 0.6 is 0 Å². The van der Waals surface area contributed by atoms with Gasteiger partial charge in [-0.15, -0.1) is 0 Å². The van der Waals surface area contributed by atoms with Gasteiger partial charge in [0.1, 0.15) is 0 Å². The predicted molar refractivity (Wildman–Crippen MR) is 134 cm³/mol. The van der Waals surface area contributed by atoms with E-state index in [4.69, 9.17) is 23.1 Å². The van der Waals surface area contributed by atoms with Gasteiger partial charge in [0, 0.05) is 5.56 Å². The smallest absolute Gasteiger partial charge is 0.212 e. The SMILES string of the molecule is [O-][Cl+](O)(O)O.c1ccc(-c2cc(-c3ccccc3)c3c([o+]2)CCCCCCCCCCCC3)cc1. The number of halogens is 1. The Labute approximate surface area is 210 Å². The number of fused-ring (bicyclic) bond motifs is 1. The third-order valence-corrected chi connectivity index (χ3v) is 6.39. The van der Waals surface area contributed by atoms with Crippen molar-refractivity contribution in [3.8, 4) is 22.5 Å². The minimum Gasteiger partial charge on any atom is -0.212 e. The second-order valence-electron chi connectivity index (χ2n) is 9.13. The van der Waals surface area contributed by atoms with Crippen LogP contribution in [0.4, 0.5) is 0 Å². The molecule has 1 heterocycles. The first-order chi connectivity index (χ1) is 16.9. The fourth-order valence-corrected chi connectivity index (χ4v) is 4.69. The largest absolute Gasteiger partial charge is 0.360 e. The molecule has 2 aromatic carbocycles. The van der Waals surface area contributed by atoms with Crippen LogP contribution in [0.1, 0.15) is 75.5 Å². The maximum Gasteiger partial charge on any atom is 0.360 e. The molecule has 1 aliphatic carbocycles. The van der Waals surface area contributed by atoms with Crippen molar-refractivity contribution in [2.24, 2.45) is 0 Å². The zero-order valence-corrected chi connectivity index (χ0v) is 21.1. The van der Waals surface area contributed by atoms with Gasteiger partial charge in [-0.25, -0.2) is 4.42 Å². The fraction of sp³-hybridized carbons (Fsp3) is 0.414. The molecule has 0 atom stereocenters. The normalized spacial score (nSPS) is 16.2. The predicted octanol–water partition coefficient (Wildman–Crippen LogP) is 6.03. The van der Waals surface area contributed by atoms with E-state index in [0.29, 0.717) is 0 Å². The third-order valence-electron chi connectivity index (χ3n) is 6.39. The van der Waals surface area contributed by atoms with Gasteiger partial charge in [0.25, 0.3) is 0 Å². The van der Waals surface area contributed by atoms with Gasteiger partial charge in [-0.2, -0.15) is 0 Å². The van der Waals surface area contributed by atoms with Crippen molar-refractivity contribution in [1.82, 2.24) is 0 Å². The zero-order valence-electron chi connectivity index (χ0n) is 20.4. The average molecular weight is 502 g/mol. The molecule has 6 heteroatoms. The van der Waals surface area contributed by atoms with E-state index < -0.39 is 10.2 Å². The van der Waals surface area contributed by atoms with Crippen LogP contribution in [0.3, 0.4) is 0 Å². The summed E-state index contributed by atoms with van der Waals surface area (Å²) in [6.45, 7) is 0. The van der Waals surface area contributed by atoms with Crippen LogP contribution in [0.2, 0.25) is 0 Å². The molecule has 0 amide bonds. The van der Waals surface area contributed by atoms with Gasteiger partial charge < -0.3 is 0 Å². The molecular weight excluding hydrogens is 464 g/mol. The summed E-state index contributed by atoms with van der Waals surface area (Å²) in [5.41, 5.74) is 5.28. The Hall–Kier alpha value is -2.28. The third kappa shape index (κ3) is 10.1. The second kappa shape index (κ2) is 14.3. The van der Waals surface area contributed by atoms with E-state index in [9.17, 15) is 0 Å². The summed E-state index contributed by atoms with van der Waals surface area (Å²) in [4.78, 5) is 0. The van der Waals surface area contributed by atoms with Gasteiger partial charge in [-0.3, -0.25) is 0 Å². The van der Waals surface area contributed by atoms with Gasteiger partial charge in [0.05, 0.1) is 23.6 Å². The molecule has 3 N–H and O–H groups in total. The number of hydrogen-bond donors (Lipinski definition) is 3. The summed E-state index contributed by atoms with van der Waals surface area (Å²) in [6, 6.07) is 23.8. The van der Waals surface area contributed by atoms with E-state index in [1.165, 1.54) is 86.7 Å². The Balaban J connectivity index is 0.000000623. The number of benzene rings is 2. The van der Waals surface area contributed by atoms with Crippen molar-refractivity contribution >= 4 is 0 Å². The van der Waals surface area contributed by atoms with E-state index in [1.807, 2.05) is 0 Å². The average Bonchev–Trinajstić information content (AvgIpc) is 2.85. The molecular formula is C29H38ClO5+. The van der Waals surface area contributed by atoms with Gasteiger partial charge in [0.2, 0.25) is 0 Å². The molecule has 35 heavy (non-hydrogen) atoms. The Kier molecular flexibility index (Phi) is 11.2. The summed E-state index contributed by atoms with van der Waals surface area (Å²) < 4.78 is 36.8.